The Labute approximate surface area is 98.1 Å². The Hall–Kier alpha value is -1.30. The Morgan fingerprint density at radius 2 is 2.12 bits per heavy atom. The third kappa shape index (κ3) is 3.10. The third-order valence-corrected chi connectivity index (χ3v) is 2.83. The van der Waals surface area contributed by atoms with Crippen molar-refractivity contribution in [3.63, 3.8) is 0 Å². The van der Waals surface area contributed by atoms with Gasteiger partial charge >= 0.3 is 5.97 Å². The summed E-state index contributed by atoms with van der Waals surface area (Å²) in [6.45, 7) is 7.76. The van der Waals surface area contributed by atoms with Crippen LogP contribution in [0, 0.1) is 16.7 Å². The Bertz CT molecular complexity index is 302. The number of carbonyl (C=O) groups excluding carboxylic acids is 1. The quantitative estimate of drug-likeness (QED) is 0.513. The topological polar surface area (TPSA) is 50.1 Å². The number of hydrogen-bond donors (Lipinski definition) is 0. The minimum absolute atomic E-state index is 0.311. The Balaban J connectivity index is 5.13. The van der Waals surface area contributed by atoms with Crippen LogP contribution in [0.4, 0.5) is 0 Å². The molecule has 0 radical (unpaired) electrons. The first-order valence-electron chi connectivity index (χ1n) is 5.80. The van der Waals surface area contributed by atoms with E-state index in [0.717, 1.165) is 18.4 Å². The van der Waals surface area contributed by atoms with E-state index in [9.17, 15) is 10.1 Å². The molecule has 0 aliphatic rings. The Kier molecular flexibility index (Phi) is 6.48. The van der Waals surface area contributed by atoms with Crippen LogP contribution in [0.2, 0.25) is 0 Å². The first-order valence-corrected chi connectivity index (χ1v) is 5.80. The second kappa shape index (κ2) is 7.05. The number of esters is 1. The van der Waals surface area contributed by atoms with Crippen molar-refractivity contribution in [3.05, 3.63) is 11.6 Å². The molecule has 3 nitrogen and oxygen atoms in total. The number of nitrogens with zero attached hydrogens (tertiary/aromatic N) is 1. The molecule has 0 aliphatic carbocycles. The van der Waals surface area contributed by atoms with Crippen molar-refractivity contribution in [2.45, 2.75) is 47.0 Å². The lowest BCUT2D eigenvalue weighted by Crippen LogP contribution is -2.33. The van der Waals surface area contributed by atoms with E-state index in [-0.39, 0.29) is 0 Å². The Morgan fingerprint density at radius 1 is 1.50 bits per heavy atom. The summed E-state index contributed by atoms with van der Waals surface area (Å²) < 4.78 is 5.02. The lowest BCUT2D eigenvalue weighted by molar-refractivity contribution is -0.150. The van der Waals surface area contributed by atoms with Gasteiger partial charge in [0.2, 0.25) is 0 Å². The van der Waals surface area contributed by atoms with E-state index in [1.165, 1.54) is 0 Å². The zero-order chi connectivity index (χ0) is 12.6. The molecule has 3 heteroatoms. The summed E-state index contributed by atoms with van der Waals surface area (Å²) >= 11 is 0. The molecule has 0 fully saturated rings. The van der Waals surface area contributed by atoms with E-state index in [0.29, 0.717) is 13.0 Å². The highest BCUT2D eigenvalue weighted by atomic mass is 16.5. The van der Waals surface area contributed by atoms with E-state index < -0.39 is 11.4 Å². The van der Waals surface area contributed by atoms with Crippen LogP contribution in [0.3, 0.4) is 0 Å². The molecule has 1 atom stereocenters. The van der Waals surface area contributed by atoms with Gasteiger partial charge in [-0.2, -0.15) is 5.26 Å². The summed E-state index contributed by atoms with van der Waals surface area (Å²) in [5.41, 5.74) is -0.303. The molecule has 0 saturated carbocycles. The van der Waals surface area contributed by atoms with E-state index in [1.807, 2.05) is 26.8 Å². The number of rotatable bonds is 6. The van der Waals surface area contributed by atoms with Gasteiger partial charge in [0.15, 0.2) is 5.41 Å². The van der Waals surface area contributed by atoms with Gasteiger partial charge in [0.25, 0.3) is 0 Å². The Morgan fingerprint density at radius 3 is 2.50 bits per heavy atom. The third-order valence-electron chi connectivity index (χ3n) is 2.83. The average molecular weight is 223 g/mol. The van der Waals surface area contributed by atoms with Crippen molar-refractivity contribution in [2.75, 3.05) is 6.61 Å². The summed E-state index contributed by atoms with van der Waals surface area (Å²) in [6, 6.07) is 2.14. The molecule has 0 saturated heterocycles. The summed E-state index contributed by atoms with van der Waals surface area (Å²) in [5, 5.41) is 9.31. The molecular formula is C13H21NO2. The SMILES string of the molecule is C/C=C(/C)[C@](C#N)(CCCC)C(=O)OCC. The lowest BCUT2D eigenvalue weighted by Gasteiger charge is -2.25. The van der Waals surface area contributed by atoms with Crippen molar-refractivity contribution in [2.24, 2.45) is 5.41 Å². The molecule has 90 valence electrons. The summed E-state index contributed by atoms with van der Waals surface area (Å²) in [7, 11) is 0. The maximum absolute atomic E-state index is 11.9. The van der Waals surface area contributed by atoms with Crippen LogP contribution in [0.1, 0.15) is 47.0 Å². The number of carbonyl (C=O) groups is 1. The lowest BCUT2D eigenvalue weighted by atomic mass is 9.77. The minimum atomic E-state index is -1.08. The molecule has 0 N–H and O–H groups in total. The summed E-state index contributed by atoms with van der Waals surface area (Å²) in [6.07, 6.45) is 4.15. The highest BCUT2D eigenvalue weighted by molar-refractivity contribution is 5.83. The monoisotopic (exact) mass is 223 g/mol. The largest absolute Gasteiger partial charge is 0.465 e. The summed E-state index contributed by atoms with van der Waals surface area (Å²) in [4.78, 5) is 11.9. The molecule has 0 aromatic rings. The number of unbranched alkanes of at least 4 members (excludes halogenated alkanes) is 1. The normalized spacial score (nSPS) is 15.1. The van der Waals surface area contributed by atoms with E-state index in [1.54, 1.807) is 6.92 Å². The molecule has 0 unspecified atom stereocenters. The van der Waals surface area contributed by atoms with Crippen LogP contribution < -0.4 is 0 Å². The van der Waals surface area contributed by atoms with E-state index in [4.69, 9.17) is 4.74 Å². The van der Waals surface area contributed by atoms with Gasteiger partial charge in [-0.25, -0.2) is 4.79 Å². The van der Waals surface area contributed by atoms with E-state index in [2.05, 4.69) is 6.07 Å². The van der Waals surface area contributed by atoms with Crippen molar-refractivity contribution in [1.82, 2.24) is 0 Å². The number of ether oxygens (including phenoxy) is 1. The second-order valence-corrected chi connectivity index (χ2v) is 3.81. The van der Waals surface area contributed by atoms with Gasteiger partial charge in [0.05, 0.1) is 12.7 Å². The predicted molar refractivity (Wildman–Crippen MR) is 63.6 cm³/mol. The van der Waals surface area contributed by atoms with Gasteiger partial charge in [-0.15, -0.1) is 0 Å². The molecule has 0 aliphatic heterocycles. The molecule has 0 bridgehead atoms. The number of nitriles is 1. The average Bonchev–Trinajstić information content (AvgIpc) is 2.30. The van der Waals surface area contributed by atoms with Crippen molar-refractivity contribution in [1.29, 1.82) is 5.26 Å². The zero-order valence-electron chi connectivity index (χ0n) is 10.7. The maximum Gasteiger partial charge on any atom is 0.330 e. The van der Waals surface area contributed by atoms with Gasteiger partial charge < -0.3 is 4.74 Å². The van der Waals surface area contributed by atoms with Crippen LogP contribution in [0.15, 0.2) is 11.6 Å². The predicted octanol–water partition coefficient (Wildman–Crippen LogP) is 3.22. The van der Waals surface area contributed by atoms with Gasteiger partial charge in [-0.3, -0.25) is 0 Å². The zero-order valence-corrected chi connectivity index (χ0v) is 10.7. The van der Waals surface area contributed by atoms with Crippen LogP contribution in [-0.4, -0.2) is 12.6 Å². The first-order chi connectivity index (χ1) is 7.58. The molecule has 0 amide bonds. The first kappa shape index (κ1) is 14.7. The van der Waals surface area contributed by atoms with Gasteiger partial charge in [0.1, 0.15) is 0 Å². The highest BCUT2D eigenvalue weighted by Gasteiger charge is 2.41. The molecule has 0 rings (SSSR count). The van der Waals surface area contributed by atoms with E-state index >= 15 is 0 Å². The van der Waals surface area contributed by atoms with Crippen LogP contribution in [0.25, 0.3) is 0 Å². The second-order valence-electron chi connectivity index (χ2n) is 3.81. The van der Waals surface area contributed by atoms with Crippen molar-refractivity contribution >= 4 is 5.97 Å². The fourth-order valence-electron chi connectivity index (χ4n) is 1.59. The molecular weight excluding hydrogens is 202 g/mol. The van der Waals surface area contributed by atoms with Gasteiger partial charge in [-0.1, -0.05) is 25.8 Å². The molecule has 0 aromatic carbocycles. The minimum Gasteiger partial charge on any atom is -0.465 e. The van der Waals surface area contributed by atoms with Crippen molar-refractivity contribution < 1.29 is 9.53 Å². The fourth-order valence-corrected chi connectivity index (χ4v) is 1.59. The standard InChI is InChI=1S/C13H21NO2/c1-5-8-9-13(10-14,11(4)6-2)12(15)16-7-3/h6H,5,7-9H2,1-4H3/b11-6-/t13-/m1/s1. The highest BCUT2D eigenvalue weighted by Crippen LogP contribution is 2.34. The van der Waals surface area contributed by atoms with Crippen LogP contribution >= 0.6 is 0 Å². The smallest absolute Gasteiger partial charge is 0.330 e. The number of allylic oxidation sites excluding steroid dienone is 1. The van der Waals surface area contributed by atoms with Gasteiger partial charge in [0, 0.05) is 0 Å². The van der Waals surface area contributed by atoms with Crippen LogP contribution in [-0.2, 0) is 9.53 Å². The molecule has 0 heterocycles. The maximum atomic E-state index is 11.9. The van der Waals surface area contributed by atoms with Crippen LogP contribution in [0.5, 0.6) is 0 Å². The number of hydrogen-bond acceptors (Lipinski definition) is 3. The molecule has 0 spiro atoms. The molecule has 0 aromatic heterocycles. The van der Waals surface area contributed by atoms with Crippen molar-refractivity contribution in [3.8, 4) is 6.07 Å². The molecule has 16 heavy (non-hydrogen) atoms. The van der Waals surface area contributed by atoms with Gasteiger partial charge in [-0.05, 0) is 32.8 Å². The summed E-state index contributed by atoms with van der Waals surface area (Å²) in [5.74, 6) is -0.415. The fraction of sp³-hybridized carbons (Fsp3) is 0.692.